The molecule has 0 aliphatic carbocycles. The second-order valence-electron chi connectivity index (χ2n) is 10.2. The number of carbonyl (C=O) groups is 1. The third kappa shape index (κ3) is 4.85. The summed E-state index contributed by atoms with van der Waals surface area (Å²) in [6, 6.07) is 11.2. The summed E-state index contributed by atoms with van der Waals surface area (Å²) in [6.07, 6.45) is 1.01. The minimum Gasteiger partial charge on any atom is -0.368 e. The Morgan fingerprint density at radius 1 is 1.17 bits per heavy atom. The van der Waals surface area contributed by atoms with Gasteiger partial charge in [-0.15, -0.1) is 0 Å². The third-order valence-corrected chi connectivity index (χ3v) is 5.90. The zero-order valence-electron chi connectivity index (χ0n) is 19.3. The van der Waals surface area contributed by atoms with Crippen LogP contribution in [0.3, 0.4) is 0 Å². The molecule has 2 aromatic rings. The van der Waals surface area contributed by atoms with E-state index in [-0.39, 0.29) is 23.2 Å². The quantitative estimate of drug-likeness (QED) is 0.653. The summed E-state index contributed by atoms with van der Waals surface area (Å²) in [4.78, 5) is 15.4. The highest BCUT2D eigenvalue weighted by atomic mass is 19.1. The molecule has 0 bridgehead atoms. The van der Waals surface area contributed by atoms with Crippen molar-refractivity contribution in [3.63, 3.8) is 0 Å². The average molecular weight is 411 g/mol. The molecule has 0 aromatic heterocycles. The lowest BCUT2D eigenvalue weighted by molar-refractivity contribution is 0.0940. The minimum atomic E-state index is -0.284. The molecule has 1 aliphatic rings. The van der Waals surface area contributed by atoms with Crippen molar-refractivity contribution in [3.05, 3.63) is 64.5 Å². The molecule has 0 fully saturated rings. The van der Waals surface area contributed by atoms with Crippen molar-refractivity contribution in [1.29, 1.82) is 0 Å². The van der Waals surface area contributed by atoms with E-state index in [2.05, 4.69) is 57.8 Å². The van der Waals surface area contributed by atoms with Crippen molar-refractivity contribution in [2.75, 3.05) is 11.4 Å². The van der Waals surface area contributed by atoms with E-state index in [0.717, 1.165) is 29.8 Å². The summed E-state index contributed by atoms with van der Waals surface area (Å²) < 4.78 is 14.2. The molecule has 30 heavy (non-hydrogen) atoms. The number of amides is 1. The summed E-state index contributed by atoms with van der Waals surface area (Å²) in [6.45, 7) is 15.7. The molecule has 1 amide bonds. The largest absolute Gasteiger partial charge is 0.368 e. The van der Waals surface area contributed by atoms with E-state index in [4.69, 9.17) is 0 Å². The number of benzene rings is 2. The number of anilines is 1. The van der Waals surface area contributed by atoms with Gasteiger partial charge in [-0.1, -0.05) is 46.8 Å². The van der Waals surface area contributed by atoms with Crippen LogP contribution < -0.4 is 10.2 Å². The molecule has 162 valence electrons. The van der Waals surface area contributed by atoms with Gasteiger partial charge in [-0.3, -0.25) is 4.79 Å². The van der Waals surface area contributed by atoms with E-state index in [9.17, 15) is 9.18 Å². The SMILES string of the molecule is CC(C)CN1c2cc(C(=O)N[C@@H](C)c3cc(F)cc(C(C)(C)C)c3)ccc2CC1C. The Morgan fingerprint density at radius 2 is 1.87 bits per heavy atom. The van der Waals surface area contributed by atoms with E-state index >= 15 is 0 Å². The first kappa shape index (κ1) is 22.3. The average Bonchev–Trinajstić information content (AvgIpc) is 2.94. The Balaban J connectivity index is 1.80. The van der Waals surface area contributed by atoms with Crippen LogP contribution in [-0.4, -0.2) is 18.5 Å². The molecule has 1 aliphatic heterocycles. The maximum absolute atomic E-state index is 14.2. The monoisotopic (exact) mass is 410 g/mol. The Bertz CT molecular complexity index is 929. The number of hydrogen-bond acceptors (Lipinski definition) is 2. The number of rotatable bonds is 5. The summed E-state index contributed by atoms with van der Waals surface area (Å²) in [5.74, 6) is 0.159. The van der Waals surface area contributed by atoms with Gasteiger partial charge in [-0.25, -0.2) is 4.39 Å². The molecule has 3 nitrogen and oxygen atoms in total. The van der Waals surface area contributed by atoms with Crippen LogP contribution in [0.15, 0.2) is 36.4 Å². The van der Waals surface area contributed by atoms with Gasteiger partial charge in [0.1, 0.15) is 5.82 Å². The van der Waals surface area contributed by atoms with E-state index in [0.29, 0.717) is 17.5 Å². The highest BCUT2D eigenvalue weighted by Crippen LogP contribution is 2.34. The van der Waals surface area contributed by atoms with Crippen molar-refractivity contribution in [3.8, 4) is 0 Å². The highest BCUT2D eigenvalue weighted by molar-refractivity contribution is 5.95. The Hall–Kier alpha value is -2.36. The predicted molar refractivity (Wildman–Crippen MR) is 123 cm³/mol. The molecule has 2 atom stereocenters. The number of nitrogens with one attached hydrogen (secondary N) is 1. The van der Waals surface area contributed by atoms with Gasteiger partial charge >= 0.3 is 0 Å². The van der Waals surface area contributed by atoms with Crippen molar-refractivity contribution in [2.45, 2.75) is 72.4 Å². The molecule has 4 heteroatoms. The molecule has 0 radical (unpaired) electrons. The van der Waals surface area contributed by atoms with Gasteiger partial charge in [0.2, 0.25) is 0 Å². The Kier molecular flexibility index (Phi) is 6.26. The van der Waals surface area contributed by atoms with Gasteiger partial charge in [0, 0.05) is 23.8 Å². The Morgan fingerprint density at radius 3 is 2.50 bits per heavy atom. The first-order valence-corrected chi connectivity index (χ1v) is 11.0. The molecule has 0 saturated carbocycles. The van der Waals surface area contributed by atoms with E-state index in [1.54, 1.807) is 6.07 Å². The maximum Gasteiger partial charge on any atom is 0.251 e. The normalized spacial score (nSPS) is 17.2. The molecule has 1 N–H and O–H groups in total. The topological polar surface area (TPSA) is 32.3 Å². The minimum absolute atomic E-state index is 0.129. The third-order valence-electron chi connectivity index (χ3n) is 5.90. The van der Waals surface area contributed by atoms with Crippen molar-refractivity contribution in [2.24, 2.45) is 5.92 Å². The molecular weight excluding hydrogens is 375 g/mol. The fourth-order valence-corrected chi connectivity index (χ4v) is 4.14. The molecule has 2 aromatic carbocycles. The zero-order valence-corrected chi connectivity index (χ0v) is 19.3. The van der Waals surface area contributed by atoms with Gasteiger partial charge in [0.05, 0.1) is 6.04 Å². The van der Waals surface area contributed by atoms with Gasteiger partial charge in [-0.2, -0.15) is 0 Å². The standard InChI is InChI=1S/C26H35FN2O/c1-16(2)15-29-17(3)10-19-8-9-20(13-24(19)29)25(30)28-18(4)21-11-22(26(5,6)7)14-23(27)12-21/h8-9,11-14,16-18H,10,15H2,1-7H3,(H,28,30)/t17?,18-/m0/s1. The molecule has 1 heterocycles. The van der Waals surface area contributed by atoms with Gasteiger partial charge < -0.3 is 10.2 Å². The van der Waals surface area contributed by atoms with Gasteiger partial charge in [-0.05, 0) is 72.6 Å². The highest BCUT2D eigenvalue weighted by Gasteiger charge is 2.27. The lowest BCUT2D eigenvalue weighted by Crippen LogP contribution is -2.33. The summed E-state index contributed by atoms with van der Waals surface area (Å²) >= 11 is 0. The van der Waals surface area contributed by atoms with Crippen molar-refractivity contribution >= 4 is 11.6 Å². The first-order valence-electron chi connectivity index (χ1n) is 11.0. The van der Waals surface area contributed by atoms with Crippen LogP contribution in [0, 0.1) is 11.7 Å². The number of halogens is 1. The fraction of sp³-hybridized carbons (Fsp3) is 0.500. The number of hydrogen-bond donors (Lipinski definition) is 1. The zero-order chi connectivity index (χ0) is 22.2. The molecule has 0 spiro atoms. The van der Waals surface area contributed by atoms with Crippen LogP contribution in [0.2, 0.25) is 0 Å². The summed E-state index contributed by atoms with van der Waals surface area (Å²) in [5.41, 5.74) is 4.66. The van der Waals surface area contributed by atoms with Crippen molar-refractivity contribution in [1.82, 2.24) is 5.32 Å². The number of fused-ring (bicyclic) bond motifs is 1. The Labute approximate surface area is 180 Å². The predicted octanol–water partition coefficient (Wildman–Crippen LogP) is 6.02. The molecule has 3 rings (SSSR count). The van der Waals surface area contributed by atoms with E-state index in [1.807, 2.05) is 25.1 Å². The van der Waals surface area contributed by atoms with Crippen LogP contribution in [-0.2, 0) is 11.8 Å². The van der Waals surface area contributed by atoms with Gasteiger partial charge in [0.15, 0.2) is 0 Å². The van der Waals surface area contributed by atoms with Crippen molar-refractivity contribution < 1.29 is 9.18 Å². The lowest BCUT2D eigenvalue weighted by atomic mass is 9.85. The molecule has 0 saturated heterocycles. The van der Waals surface area contributed by atoms with E-state index < -0.39 is 0 Å². The summed E-state index contributed by atoms with van der Waals surface area (Å²) in [7, 11) is 0. The number of carbonyl (C=O) groups excluding carboxylic acids is 1. The molecule has 1 unspecified atom stereocenters. The molecular formula is C26H35FN2O. The summed E-state index contributed by atoms with van der Waals surface area (Å²) in [5, 5.41) is 3.05. The number of nitrogens with zero attached hydrogens (tertiary/aromatic N) is 1. The van der Waals surface area contributed by atoms with Crippen LogP contribution >= 0.6 is 0 Å². The van der Waals surface area contributed by atoms with Crippen LogP contribution in [0.4, 0.5) is 10.1 Å². The lowest BCUT2D eigenvalue weighted by Gasteiger charge is -2.27. The second kappa shape index (κ2) is 8.41. The van der Waals surface area contributed by atoms with Crippen LogP contribution in [0.25, 0.3) is 0 Å². The van der Waals surface area contributed by atoms with Crippen LogP contribution in [0.5, 0.6) is 0 Å². The first-order chi connectivity index (χ1) is 14.0. The maximum atomic E-state index is 14.2. The van der Waals surface area contributed by atoms with E-state index in [1.165, 1.54) is 11.6 Å². The van der Waals surface area contributed by atoms with Gasteiger partial charge in [0.25, 0.3) is 5.91 Å². The smallest absolute Gasteiger partial charge is 0.251 e. The van der Waals surface area contributed by atoms with Crippen LogP contribution in [0.1, 0.15) is 81.6 Å². The fourth-order valence-electron chi connectivity index (χ4n) is 4.14. The second-order valence-corrected chi connectivity index (χ2v) is 10.2.